The molecule has 0 amide bonds. The molecule has 5 heteroatoms. The van der Waals surface area contributed by atoms with Gasteiger partial charge in [0.15, 0.2) is 5.58 Å². The Morgan fingerprint density at radius 1 is 0.370 bits per heavy atom. The van der Waals surface area contributed by atoms with Gasteiger partial charge in [-0.05, 0) is 77.4 Å². The van der Waals surface area contributed by atoms with Crippen molar-refractivity contribution in [3.63, 3.8) is 0 Å². The second kappa shape index (κ2) is 12.1. The van der Waals surface area contributed by atoms with Crippen molar-refractivity contribution in [1.82, 2.24) is 4.98 Å². The Bertz CT molecular complexity index is 3150. The predicted molar refractivity (Wildman–Crippen MR) is 220 cm³/mol. The maximum atomic E-state index is 6.67. The smallest absolute Gasteiger partial charge is 0.228 e. The molecule has 0 saturated heterocycles. The molecule has 3 aromatic heterocycles. The minimum atomic E-state index is 0.569. The number of rotatable bonds is 6. The molecular formula is C49H30N2O3. The second-order valence-corrected chi connectivity index (χ2v) is 13.5. The molecular weight excluding hydrogens is 665 g/mol. The number of hydrogen-bond acceptors (Lipinski definition) is 5. The SMILES string of the molecule is c1ccc(-c2ccccc2-c2ccccc2N(c2ccc3c(c2)oc2cccc(-c4nc5ccccc5o4)c23)c2cccc3oc4ccccc4c23)cc1. The maximum Gasteiger partial charge on any atom is 0.228 e. The fourth-order valence-electron chi connectivity index (χ4n) is 7.95. The molecule has 0 radical (unpaired) electrons. The summed E-state index contributed by atoms with van der Waals surface area (Å²) in [5, 5.41) is 4.06. The van der Waals surface area contributed by atoms with E-state index in [0.717, 1.165) is 99.9 Å². The van der Waals surface area contributed by atoms with Gasteiger partial charge < -0.3 is 18.2 Å². The van der Waals surface area contributed by atoms with Crippen molar-refractivity contribution in [2.24, 2.45) is 0 Å². The largest absolute Gasteiger partial charge is 0.456 e. The van der Waals surface area contributed by atoms with E-state index in [4.69, 9.17) is 18.2 Å². The third-order valence-corrected chi connectivity index (χ3v) is 10.3. The normalized spacial score (nSPS) is 11.7. The molecule has 3 heterocycles. The highest BCUT2D eigenvalue weighted by atomic mass is 16.4. The van der Waals surface area contributed by atoms with E-state index in [-0.39, 0.29) is 0 Å². The van der Waals surface area contributed by atoms with Crippen LogP contribution in [-0.4, -0.2) is 4.98 Å². The fourth-order valence-corrected chi connectivity index (χ4v) is 7.95. The highest BCUT2D eigenvalue weighted by molar-refractivity contribution is 6.16. The van der Waals surface area contributed by atoms with Gasteiger partial charge in [0.1, 0.15) is 27.8 Å². The zero-order chi connectivity index (χ0) is 35.6. The van der Waals surface area contributed by atoms with Gasteiger partial charge in [0, 0.05) is 39.0 Å². The van der Waals surface area contributed by atoms with Gasteiger partial charge in [0.25, 0.3) is 0 Å². The fraction of sp³-hybridized carbons (Fsp3) is 0. The first kappa shape index (κ1) is 30.3. The summed E-state index contributed by atoms with van der Waals surface area (Å²) >= 11 is 0. The molecule has 254 valence electrons. The van der Waals surface area contributed by atoms with Gasteiger partial charge in [-0.25, -0.2) is 4.98 Å². The Balaban J connectivity index is 1.17. The second-order valence-electron chi connectivity index (χ2n) is 13.5. The van der Waals surface area contributed by atoms with E-state index in [1.807, 2.05) is 60.7 Å². The maximum absolute atomic E-state index is 6.67. The topological polar surface area (TPSA) is 55.6 Å². The predicted octanol–water partition coefficient (Wildman–Crippen LogP) is 14.1. The highest BCUT2D eigenvalue weighted by Gasteiger charge is 2.24. The molecule has 0 bridgehead atoms. The third-order valence-electron chi connectivity index (χ3n) is 10.3. The molecule has 0 unspecified atom stereocenters. The number of fused-ring (bicyclic) bond motifs is 7. The summed E-state index contributed by atoms with van der Waals surface area (Å²) in [5.41, 5.74) is 13.2. The summed E-state index contributed by atoms with van der Waals surface area (Å²) in [6.45, 7) is 0. The van der Waals surface area contributed by atoms with E-state index < -0.39 is 0 Å². The third kappa shape index (κ3) is 4.76. The zero-order valence-electron chi connectivity index (χ0n) is 28.9. The lowest BCUT2D eigenvalue weighted by Gasteiger charge is -2.29. The van der Waals surface area contributed by atoms with Gasteiger partial charge in [-0.2, -0.15) is 0 Å². The standard InChI is InChI=1S/C49H30N2O3/c1-2-14-31(15-3-1)33-16-4-5-17-34(33)35-18-6-9-22-40(35)51(41-23-13-27-45-48(41)36-19-7-10-24-42(36)52-45)32-28-29-37-46(30-32)53-44-26-12-20-38(47(37)44)49-50-39-21-8-11-25-43(39)54-49/h1-30H. The summed E-state index contributed by atoms with van der Waals surface area (Å²) in [6, 6.07) is 62.8. The van der Waals surface area contributed by atoms with Crippen LogP contribution in [0.5, 0.6) is 0 Å². The minimum Gasteiger partial charge on any atom is -0.456 e. The molecule has 0 aliphatic carbocycles. The van der Waals surface area contributed by atoms with Crippen molar-refractivity contribution in [1.29, 1.82) is 0 Å². The molecule has 54 heavy (non-hydrogen) atoms. The van der Waals surface area contributed by atoms with E-state index in [2.05, 4.69) is 126 Å². The van der Waals surface area contributed by atoms with Crippen molar-refractivity contribution in [3.05, 3.63) is 182 Å². The monoisotopic (exact) mass is 694 g/mol. The lowest BCUT2D eigenvalue weighted by molar-refractivity contribution is 0.620. The Morgan fingerprint density at radius 2 is 0.981 bits per heavy atom. The van der Waals surface area contributed by atoms with Gasteiger partial charge in [0.05, 0.1) is 16.8 Å². The highest BCUT2D eigenvalue weighted by Crippen LogP contribution is 2.48. The Kier molecular flexibility index (Phi) is 6.79. The molecule has 0 aliphatic rings. The van der Waals surface area contributed by atoms with Gasteiger partial charge in [-0.3, -0.25) is 0 Å². The van der Waals surface area contributed by atoms with Gasteiger partial charge >= 0.3 is 0 Å². The summed E-state index contributed by atoms with van der Waals surface area (Å²) in [7, 11) is 0. The molecule has 0 saturated carbocycles. The Morgan fingerprint density at radius 3 is 1.85 bits per heavy atom. The molecule has 11 aromatic rings. The number of oxazole rings is 1. The van der Waals surface area contributed by atoms with Crippen LogP contribution in [0.25, 0.3) is 88.7 Å². The van der Waals surface area contributed by atoms with E-state index in [1.54, 1.807) is 0 Å². The van der Waals surface area contributed by atoms with E-state index in [0.29, 0.717) is 5.89 Å². The number of furan rings is 2. The van der Waals surface area contributed by atoms with Gasteiger partial charge in [-0.1, -0.05) is 115 Å². The van der Waals surface area contributed by atoms with E-state index >= 15 is 0 Å². The average molecular weight is 695 g/mol. The Labute approximate surface area is 309 Å². The number of para-hydroxylation sites is 4. The zero-order valence-corrected chi connectivity index (χ0v) is 28.9. The van der Waals surface area contributed by atoms with Crippen molar-refractivity contribution in [3.8, 4) is 33.7 Å². The van der Waals surface area contributed by atoms with Crippen molar-refractivity contribution >= 4 is 72.0 Å². The van der Waals surface area contributed by atoms with Gasteiger partial charge in [-0.15, -0.1) is 0 Å². The first-order valence-electron chi connectivity index (χ1n) is 18.0. The van der Waals surface area contributed by atoms with Crippen LogP contribution < -0.4 is 4.90 Å². The summed E-state index contributed by atoms with van der Waals surface area (Å²) in [6.07, 6.45) is 0. The summed E-state index contributed by atoms with van der Waals surface area (Å²) in [5.74, 6) is 0.569. The summed E-state index contributed by atoms with van der Waals surface area (Å²) in [4.78, 5) is 7.18. The first-order chi connectivity index (χ1) is 26.8. The summed E-state index contributed by atoms with van der Waals surface area (Å²) < 4.78 is 19.4. The van der Waals surface area contributed by atoms with Crippen LogP contribution in [0.4, 0.5) is 17.1 Å². The molecule has 0 atom stereocenters. The molecule has 0 aliphatic heterocycles. The number of nitrogens with zero attached hydrogens (tertiary/aromatic N) is 2. The number of anilines is 3. The molecule has 0 N–H and O–H groups in total. The lowest BCUT2D eigenvalue weighted by atomic mass is 9.93. The average Bonchev–Trinajstić information content (AvgIpc) is 3.95. The molecule has 0 spiro atoms. The first-order valence-corrected chi connectivity index (χ1v) is 18.0. The van der Waals surface area contributed by atoms with Gasteiger partial charge in [0.2, 0.25) is 5.89 Å². The van der Waals surface area contributed by atoms with Crippen LogP contribution in [-0.2, 0) is 0 Å². The van der Waals surface area contributed by atoms with Crippen LogP contribution in [0, 0.1) is 0 Å². The minimum absolute atomic E-state index is 0.569. The van der Waals surface area contributed by atoms with Crippen LogP contribution in [0.15, 0.2) is 195 Å². The quantitative estimate of drug-likeness (QED) is 0.173. The Hall–Kier alpha value is -7.37. The lowest BCUT2D eigenvalue weighted by Crippen LogP contribution is -2.11. The number of hydrogen-bond donors (Lipinski definition) is 0. The molecule has 11 rings (SSSR count). The van der Waals surface area contributed by atoms with Crippen LogP contribution in [0.1, 0.15) is 0 Å². The van der Waals surface area contributed by atoms with E-state index in [9.17, 15) is 0 Å². The number of benzene rings is 8. The van der Waals surface area contributed by atoms with Crippen LogP contribution in [0.3, 0.4) is 0 Å². The van der Waals surface area contributed by atoms with Crippen LogP contribution >= 0.6 is 0 Å². The molecule has 8 aromatic carbocycles. The van der Waals surface area contributed by atoms with Crippen molar-refractivity contribution in [2.75, 3.05) is 4.90 Å². The molecule has 0 fully saturated rings. The van der Waals surface area contributed by atoms with Crippen molar-refractivity contribution < 1.29 is 13.3 Å². The van der Waals surface area contributed by atoms with Crippen LogP contribution in [0.2, 0.25) is 0 Å². The van der Waals surface area contributed by atoms with Crippen molar-refractivity contribution in [2.45, 2.75) is 0 Å². The molecule has 5 nitrogen and oxygen atoms in total. The van der Waals surface area contributed by atoms with E-state index in [1.165, 1.54) is 0 Å². The number of aromatic nitrogens is 1.